The van der Waals surface area contributed by atoms with Crippen LogP contribution in [-0.2, 0) is 0 Å². The van der Waals surface area contributed by atoms with Crippen LogP contribution in [0.2, 0.25) is 0 Å². The third kappa shape index (κ3) is 6.17. The largest absolute Gasteiger partial charge is 0.309 e. The monoisotopic (exact) mass is 954 g/mol. The Hall–Kier alpha value is -10.2. The van der Waals surface area contributed by atoms with E-state index in [4.69, 9.17) is 15.0 Å². The van der Waals surface area contributed by atoms with E-state index in [9.17, 15) is 0 Å². The third-order valence-corrected chi connectivity index (χ3v) is 15.5. The topological polar surface area (TPSA) is 53.5 Å². The first kappa shape index (κ1) is 41.4. The van der Waals surface area contributed by atoms with E-state index in [1.54, 1.807) is 0 Å². The number of benzene rings is 12. The lowest BCUT2D eigenvalue weighted by Crippen LogP contribution is -2.08. The fraction of sp³-hybridized carbons (Fsp3) is 0. The minimum absolute atomic E-state index is 0.542. The quantitative estimate of drug-likeness (QED) is 0.156. The minimum atomic E-state index is 0.542. The van der Waals surface area contributed by atoms with Gasteiger partial charge >= 0.3 is 0 Å². The van der Waals surface area contributed by atoms with E-state index in [0.29, 0.717) is 17.6 Å². The van der Waals surface area contributed by atoms with Crippen LogP contribution in [0.3, 0.4) is 0 Å². The first-order chi connectivity index (χ1) is 37.2. The highest BCUT2D eigenvalue weighted by Gasteiger charge is 2.25. The first-order valence-corrected chi connectivity index (χ1v) is 25.5. The van der Waals surface area contributed by atoms with Crippen LogP contribution in [-0.4, -0.2) is 28.7 Å². The highest BCUT2D eigenvalue weighted by atomic mass is 15.2. The average Bonchev–Trinajstić information content (AvgIpc) is 4.14. The summed E-state index contributed by atoms with van der Waals surface area (Å²) >= 11 is 0. The van der Waals surface area contributed by atoms with Gasteiger partial charge in [-0.15, -0.1) is 0 Å². The van der Waals surface area contributed by atoms with Gasteiger partial charge in [0.15, 0.2) is 11.6 Å². The van der Waals surface area contributed by atoms with Crippen LogP contribution < -0.4 is 0 Å². The van der Waals surface area contributed by atoms with Crippen molar-refractivity contribution in [1.82, 2.24) is 28.7 Å². The van der Waals surface area contributed by atoms with E-state index in [1.165, 1.54) is 48.7 Å². The predicted molar refractivity (Wildman–Crippen MR) is 312 cm³/mol. The summed E-state index contributed by atoms with van der Waals surface area (Å²) in [5.41, 5.74) is 12.7. The van der Waals surface area contributed by atoms with E-state index in [-0.39, 0.29) is 0 Å². The molecule has 4 aromatic heterocycles. The lowest BCUT2D eigenvalue weighted by Gasteiger charge is -2.15. The Labute approximate surface area is 430 Å². The van der Waals surface area contributed by atoms with Gasteiger partial charge < -0.3 is 9.13 Å². The molecule has 0 saturated carbocycles. The zero-order valence-electron chi connectivity index (χ0n) is 40.4. The molecular formula is C69H42N6. The molecule has 0 aliphatic rings. The van der Waals surface area contributed by atoms with Crippen molar-refractivity contribution in [3.63, 3.8) is 0 Å². The molecule has 16 rings (SSSR count). The molecule has 0 aliphatic carbocycles. The standard InChI is InChI=1S/C69H42N6/c1-3-18-44(19-4-1)67-70-68(59-30-17-29-56-53-26-11-14-31-61(53)73(64(56)59)46-20-5-2-6-21-46)72-69(71-67)75-63-33-16-13-28-55(63)58-41-40-57-54-27-12-15-32-62(54)74(65(57)66(58)75)47-37-34-43(35-38-47)45-36-39-52-50-24-8-7-22-48(50)49-23-9-10-25-51(49)60(52)42-45/h1-42H. The van der Waals surface area contributed by atoms with Gasteiger partial charge in [0.2, 0.25) is 5.95 Å². The minimum Gasteiger partial charge on any atom is -0.309 e. The summed E-state index contributed by atoms with van der Waals surface area (Å²) in [5, 5.41) is 14.5. The summed E-state index contributed by atoms with van der Waals surface area (Å²) in [5.74, 6) is 1.73. The second kappa shape index (κ2) is 16.2. The van der Waals surface area contributed by atoms with E-state index in [1.807, 2.05) is 18.2 Å². The SMILES string of the molecule is c1ccc(-c2nc(-c3cccc4c5ccccc5n(-c5ccccc5)c34)nc(-n3c4ccccc4c4ccc5c6ccccc6n(-c6ccc(-c7ccc8c9ccccc9c9ccccc9c8c7)cc6)c5c43)n2)cc1. The Kier molecular flexibility index (Phi) is 8.94. The van der Waals surface area contributed by atoms with E-state index in [2.05, 4.69) is 250 Å². The summed E-state index contributed by atoms with van der Waals surface area (Å²) in [7, 11) is 0. The zero-order chi connectivity index (χ0) is 49.1. The highest BCUT2D eigenvalue weighted by molar-refractivity contribution is 6.26. The Bertz CT molecular complexity index is 4950. The van der Waals surface area contributed by atoms with Gasteiger partial charge in [-0.3, -0.25) is 4.57 Å². The molecular weight excluding hydrogens is 913 g/mol. The van der Waals surface area contributed by atoms with Crippen LogP contribution in [0.1, 0.15) is 0 Å². The fourth-order valence-electron chi connectivity index (χ4n) is 12.2. The van der Waals surface area contributed by atoms with Crippen molar-refractivity contribution in [2.45, 2.75) is 0 Å². The molecule has 0 atom stereocenters. The number of hydrogen-bond acceptors (Lipinski definition) is 3. The van der Waals surface area contributed by atoms with Crippen LogP contribution in [0.25, 0.3) is 149 Å². The van der Waals surface area contributed by atoms with Crippen LogP contribution in [0.4, 0.5) is 0 Å². The molecule has 6 nitrogen and oxygen atoms in total. The Morgan fingerprint density at radius 3 is 1.25 bits per heavy atom. The molecule has 0 aliphatic heterocycles. The number of hydrogen-bond donors (Lipinski definition) is 0. The zero-order valence-corrected chi connectivity index (χ0v) is 40.4. The van der Waals surface area contributed by atoms with Crippen molar-refractivity contribution in [3.8, 4) is 51.2 Å². The average molecular weight is 955 g/mol. The smallest absolute Gasteiger partial charge is 0.238 e. The van der Waals surface area contributed by atoms with Crippen molar-refractivity contribution in [2.75, 3.05) is 0 Å². The summed E-state index contributed by atoms with van der Waals surface area (Å²) in [6, 6.07) is 91.6. The number of nitrogens with zero attached hydrogens (tertiary/aromatic N) is 6. The van der Waals surface area contributed by atoms with Crippen molar-refractivity contribution >= 4 is 97.7 Å². The number of fused-ring (bicyclic) bond motifs is 16. The molecule has 16 aromatic rings. The van der Waals surface area contributed by atoms with Gasteiger partial charge in [0.25, 0.3) is 0 Å². The molecule has 0 bridgehead atoms. The number of aromatic nitrogens is 6. The molecule has 348 valence electrons. The molecule has 0 N–H and O–H groups in total. The van der Waals surface area contributed by atoms with Crippen LogP contribution in [0, 0.1) is 0 Å². The van der Waals surface area contributed by atoms with Gasteiger partial charge in [-0.05, 0) is 98.0 Å². The number of para-hydroxylation sites is 5. The van der Waals surface area contributed by atoms with Crippen molar-refractivity contribution in [2.24, 2.45) is 0 Å². The first-order valence-electron chi connectivity index (χ1n) is 25.5. The van der Waals surface area contributed by atoms with Gasteiger partial charge in [0.1, 0.15) is 0 Å². The third-order valence-electron chi connectivity index (χ3n) is 15.5. The maximum atomic E-state index is 5.61. The summed E-state index contributed by atoms with van der Waals surface area (Å²) < 4.78 is 7.07. The lowest BCUT2D eigenvalue weighted by atomic mass is 9.92. The van der Waals surface area contributed by atoms with Crippen molar-refractivity contribution in [1.29, 1.82) is 0 Å². The van der Waals surface area contributed by atoms with Crippen LogP contribution in [0.5, 0.6) is 0 Å². The molecule has 0 unspecified atom stereocenters. The molecule has 0 saturated heterocycles. The molecule has 6 heteroatoms. The van der Waals surface area contributed by atoms with Crippen molar-refractivity contribution in [3.05, 3.63) is 255 Å². The Balaban J connectivity index is 0.947. The van der Waals surface area contributed by atoms with Gasteiger partial charge in [-0.25, -0.2) is 4.98 Å². The summed E-state index contributed by atoms with van der Waals surface area (Å²) in [6.45, 7) is 0. The maximum absolute atomic E-state index is 5.61. The molecule has 0 fully saturated rings. The van der Waals surface area contributed by atoms with Gasteiger partial charge in [0.05, 0.1) is 33.1 Å². The molecule has 12 aromatic carbocycles. The van der Waals surface area contributed by atoms with E-state index >= 15 is 0 Å². The van der Waals surface area contributed by atoms with E-state index in [0.717, 1.165) is 82.7 Å². The molecule has 4 heterocycles. The summed E-state index contributed by atoms with van der Waals surface area (Å²) in [4.78, 5) is 16.5. The molecule has 0 spiro atoms. The normalized spacial score (nSPS) is 12.0. The second-order valence-corrected chi connectivity index (χ2v) is 19.5. The van der Waals surface area contributed by atoms with Gasteiger partial charge in [-0.1, -0.05) is 200 Å². The van der Waals surface area contributed by atoms with Crippen molar-refractivity contribution < 1.29 is 0 Å². The summed E-state index contributed by atoms with van der Waals surface area (Å²) in [6.07, 6.45) is 0. The fourth-order valence-corrected chi connectivity index (χ4v) is 12.2. The molecule has 75 heavy (non-hydrogen) atoms. The number of rotatable bonds is 6. The second-order valence-electron chi connectivity index (χ2n) is 19.5. The lowest BCUT2D eigenvalue weighted by molar-refractivity contribution is 0.953. The maximum Gasteiger partial charge on any atom is 0.238 e. The van der Waals surface area contributed by atoms with Crippen LogP contribution >= 0.6 is 0 Å². The predicted octanol–water partition coefficient (Wildman–Crippen LogP) is 17.6. The molecule has 0 radical (unpaired) electrons. The van der Waals surface area contributed by atoms with Crippen LogP contribution in [0.15, 0.2) is 255 Å². The Morgan fingerprint density at radius 1 is 0.227 bits per heavy atom. The molecule has 0 amide bonds. The van der Waals surface area contributed by atoms with Gasteiger partial charge in [0, 0.05) is 54.8 Å². The van der Waals surface area contributed by atoms with E-state index < -0.39 is 0 Å². The highest BCUT2D eigenvalue weighted by Crippen LogP contribution is 2.44. The Morgan fingerprint density at radius 2 is 0.640 bits per heavy atom. The van der Waals surface area contributed by atoms with Gasteiger partial charge in [-0.2, -0.15) is 9.97 Å².